The molecule has 3 rings (SSSR count). The summed E-state index contributed by atoms with van der Waals surface area (Å²) in [5.74, 6) is -0.876. The Hall–Kier alpha value is -3.43. The molecule has 0 aliphatic heterocycles. The fourth-order valence-corrected chi connectivity index (χ4v) is 2.41. The van der Waals surface area contributed by atoms with Crippen molar-refractivity contribution in [1.29, 1.82) is 0 Å². The van der Waals surface area contributed by atoms with Crippen molar-refractivity contribution in [3.63, 3.8) is 0 Å². The number of hydrogen-bond donors (Lipinski definition) is 1. The Labute approximate surface area is 155 Å². The molecule has 0 bridgehead atoms. The van der Waals surface area contributed by atoms with Crippen LogP contribution >= 0.6 is 0 Å². The second-order valence-electron chi connectivity index (χ2n) is 5.54. The Bertz CT molecular complexity index is 954. The number of hydrogen-bond acceptors (Lipinski definition) is 3. The van der Waals surface area contributed by atoms with E-state index in [0.717, 1.165) is 24.3 Å². The number of benzene rings is 2. The van der Waals surface area contributed by atoms with Crippen molar-refractivity contribution in [3.05, 3.63) is 72.1 Å². The first-order valence-electron chi connectivity index (χ1n) is 7.81. The molecule has 0 aliphatic rings. The maximum Gasteiger partial charge on any atom is 0.416 e. The SMILES string of the molecule is O=C(Nc1cc(C(F)(F)F)ccc1-n1cccn1)c1ccc(OC(F)F)cc1. The number of ether oxygens (including phenoxy) is 1. The second-order valence-corrected chi connectivity index (χ2v) is 5.54. The number of nitrogens with one attached hydrogen (secondary N) is 1. The molecule has 2 aromatic carbocycles. The zero-order chi connectivity index (χ0) is 20.3. The lowest BCUT2D eigenvalue weighted by atomic mass is 10.1. The fourth-order valence-electron chi connectivity index (χ4n) is 2.41. The fraction of sp³-hybridized carbons (Fsp3) is 0.111. The summed E-state index contributed by atoms with van der Waals surface area (Å²) in [4.78, 5) is 12.4. The van der Waals surface area contributed by atoms with Gasteiger partial charge < -0.3 is 10.1 Å². The van der Waals surface area contributed by atoms with E-state index in [1.165, 1.54) is 35.3 Å². The quantitative estimate of drug-likeness (QED) is 0.633. The monoisotopic (exact) mass is 397 g/mol. The molecular weight excluding hydrogens is 385 g/mol. The predicted octanol–water partition coefficient (Wildman–Crippen LogP) is 4.74. The second kappa shape index (κ2) is 7.67. The van der Waals surface area contributed by atoms with Crippen LogP contribution in [0.4, 0.5) is 27.6 Å². The van der Waals surface area contributed by atoms with Gasteiger partial charge in [0.25, 0.3) is 5.91 Å². The van der Waals surface area contributed by atoms with Crippen LogP contribution in [-0.4, -0.2) is 22.3 Å². The summed E-state index contributed by atoms with van der Waals surface area (Å²) in [6.45, 7) is -3.01. The van der Waals surface area contributed by atoms with Crippen LogP contribution in [0.25, 0.3) is 5.69 Å². The molecule has 28 heavy (non-hydrogen) atoms. The minimum absolute atomic E-state index is 0.0467. The van der Waals surface area contributed by atoms with Crippen molar-refractivity contribution in [2.75, 3.05) is 5.32 Å². The number of carbonyl (C=O) groups excluding carboxylic acids is 1. The molecule has 1 amide bonds. The van der Waals surface area contributed by atoms with Crippen LogP contribution in [0, 0.1) is 0 Å². The first-order chi connectivity index (χ1) is 13.2. The Morgan fingerprint density at radius 1 is 1.11 bits per heavy atom. The molecular formula is C18H12F5N3O2. The van der Waals surface area contributed by atoms with E-state index >= 15 is 0 Å². The standard InChI is InChI=1S/C18H12F5N3O2/c19-17(20)28-13-5-2-11(3-6-13)16(27)25-14-10-12(18(21,22)23)4-7-15(14)26-9-1-8-24-26/h1-10,17H,(H,25,27). The largest absolute Gasteiger partial charge is 0.435 e. The van der Waals surface area contributed by atoms with Gasteiger partial charge in [0, 0.05) is 18.0 Å². The van der Waals surface area contributed by atoms with E-state index in [1.807, 2.05) is 0 Å². The van der Waals surface area contributed by atoms with Gasteiger partial charge in [-0.2, -0.15) is 27.1 Å². The van der Waals surface area contributed by atoms with E-state index in [0.29, 0.717) is 0 Å². The normalized spacial score (nSPS) is 11.5. The highest BCUT2D eigenvalue weighted by atomic mass is 19.4. The Morgan fingerprint density at radius 3 is 2.39 bits per heavy atom. The van der Waals surface area contributed by atoms with Crippen LogP contribution in [0.2, 0.25) is 0 Å². The van der Waals surface area contributed by atoms with Crippen LogP contribution in [0.5, 0.6) is 5.75 Å². The molecule has 1 N–H and O–H groups in total. The van der Waals surface area contributed by atoms with Crippen LogP contribution in [0.1, 0.15) is 15.9 Å². The van der Waals surface area contributed by atoms with Gasteiger partial charge in [0.1, 0.15) is 5.75 Å². The lowest BCUT2D eigenvalue weighted by Gasteiger charge is -2.15. The number of aromatic nitrogens is 2. The van der Waals surface area contributed by atoms with E-state index in [2.05, 4.69) is 15.2 Å². The zero-order valence-corrected chi connectivity index (χ0v) is 14.0. The van der Waals surface area contributed by atoms with Gasteiger partial charge in [0.05, 0.1) is 16.9 Å². The van der Waals surface area contributed by atoms with Gasteiger partial charge in [-0.1, -0.05) is 0 Å². The lowest BCUT2D eigenvalue weighted by molar-refractivity contribution is -0.137. The number of halogens is 5. The predicted molar refractivity (Wildman–Crippen MR) is 89.6 cm³/mol. The van der Waals surface area contributed by atoms with Crippen LogP contribution in [0.3, 0.4) is 0 Å². The summed E-state index contributed by atoms with van der Waals surface area (Å²) in [5, 5.41) is 6.35. The van der Waals surface area contributed by atoms with E-state index in [1.54, 1.807) is 6.07 Å². The number of rotatable bonds is 5. The molecule has 0 fully saturated rings. The number of nitrogens with zero attached hydrogens (tertiary/aromatic N) is 2. The molecule has 146 valence electrons. The molecule has 0 radical (unpaired) electrons. The molecule has 1 aromatic heterocycles. The molecule has 0 saturated heterocycles. The zero-order valence-electron chi connectivity index (χ0n) is 14.0. The summed E-state index contributed by atoms with van der Waals surface area (Å²) >= 11 is 0. The van der Waals surface area contributed by atoms with Gasteiger partial charge in [-0.25, -0.2) is 4.68 Å². The third-order valence-electron chi connectivity index (χ3n) is 3.66. The average Bonchev–Trinajstić information content (AvgIpc) is 3.15. The van der Waals surface area contributed by atoms with Crippen molar-refractivity contribution in [1.82, 2.24) is 9.78 Å². The summed E-state index contributed by atoms with van der Waals surface area (Å²) in [6, 6.07) is 9.17. The Kier molecular flexibility index (Phi) is 5.30. The third kappa shape index (κ3) is 4.45. The van der Waals surface area contributed by atoms with Gasteiger partial charge in [-0.3, -0.25) is 4.79 Å². The number of alkyl halides is 5. The lowest BCUT2D eigenvalue weighted by Crippen LogP contribution is -2.15. The maximum absolute atomic E-state index is 13.0. The van der Waals surface area contributed by atoms with Crippen LogP contribution < -0.4 is 10.1 Å². The molecule has 0 aliphatic carbocycles. The van der Waals surface area contributed by atoms with Crippen molar-refractivity contribution in [3.8, 4) is 11.4 Å². The number of amides is 1. The average molecular weight is 397 g/mol. The van der Waals surface area contributed by atoms with Crippen molar-refractivity contribution >= 4 is 11.6 Å². The van der Waals surface area contributed by atoms with Gasteiger partial charge in [0.2, 0.25) is 0 Å². The molecule has 0 atom stereocenters. The smallest absolute Gasteiger partial charge is 0.416 e. The molecule has 10 heteroatoms. The van der Waals surface area contributed by atoms with Gasteiger partial charge in [-0.05, 0) is 48.5 Å². The number of anilines is 1. The van der Waals surface area contributed by atoms with Gasteiger partial charge in [-0.15, -0.1) is 0 Å². The summed E-state index contributed by atoms with van der Waals surface area (Å²) in [5.41, 5.74) is -0.787. The van der Waals surface area contributed by atoms with Gasteiger partial charge >= 0.3 is 12.8 Å². The van der Waals surface area contributed by atoms with Crippen molar-refractivity contribution < 1.29 is 31.5 Å². The summed E-state index contributed by atoms with van der Waals surface area (Å²) < 4.78 is 69.0. The highest BCUT2D eigenvalue weighted by Crippen LogP contribution is 2.33. The topological polar surface area (TPSA) is 56.2 Å². The van der Waals surface area contributed by atoms with Crippen LogP contribution in [0.15, 0.2) is 60.9 Å². The molecule has 0 saturated carbocycles. The first-order valence-corrected chi connectivity index (χ1v) is 7.81. The molecule has 0 unspecified atom stereocenters. The van der Waals surface area contributed by atoms with Crippen LogP contribution in [-0.2, 0) is 6.18 Å². The van der Waals surface area contributed by atoms with Gasteiger partial charge in [0.15, 0.2) is 0 Å². The highest BCUT2D eigenvalue weighted by Gasteiger charge is 2.31. The van der Waals surface area contributed by atoms with E-state index < -0.39 is 24.3 Å². The molecule has 5 nitrogen and oxygen atoms in total. The first kappa shape index (κ1) is 19.3. The van der Waals surface area contributed by atoms with E-state index in [-0.39, 0.29) is 22.7 Å². The molecule has 1 heterocycles. The Morgan fingerprint density at radius 2 is 1.82 bits per heavy atom. The third-order valence-corrected chi connectivity index (χ3v) is 3.66. The van der Waals surface area contributed by atoms with Crippen molar-refractivity contribution in [2.24, 2.45) is 0 Å². The van der Waals surface area contributed by atoms with E-state index in [4.69, 9.17) is 0 Å². The minimum atomic E-state index is -4.60. The van der Waals surface area contributed by atoms with E-state index in [9.17, 15) is 26.7 Å². The highest BCUT2D eigenvalue weighted by molar-refractivity contribution is 6.05. The minimum Gasteiger partial charge on any atom is -0.435 e. The molecule has 3 aromatic rings. The summed E-state index contributed by atoms with van der Waals surface area (Å²) in [6.07, 6.45) is -1.66. The maximum atomic E-state index is 13.0. The summed E-state index contributed by atoms with van der Waals surface area (Å²) in [7, 11) is 0. The van der Waals surface area contributed by atoms with Crippen molar-refractivity contribution in [2.45, 2.75) is 12.8 Å². The number of carbonyl (C=O) groups is 1. The molecule has 0 spiro atoms. The Balaban J connectivity index is 1.90.